The minimum atomic E-state index is -0.287. The molecule has 2 aliphatic heterocycles. The number of carbonyl (C=O) groups excluding carboxylic acids is 2. The number of ether oxygens (including phenoxy) is 1. The number of aliphatic hydroxyl groups is 1. The highest BCUT2D eigenvalue weighted by atomic mass is 32.2. The van der Waals surface area contributed by atoms with E-state index >= 15 is 0 Å². The zero-order valence-electron chi connectivity index (χ0n) is 20.7. The molecule has 6 nitrogen and oxygen atoms in total. The van der Waals surface area contributed by atoms with E-state index in [1.54, 1.807) is 0 Å². The number of rotatable bonds is 16. The summed E-state index contributed by atoms with van der Waals surface area (Å²) in [5.41, 5.74) is 0. The summed E-state index contributed by atoms with van der Waals surface area (Å²) in [5, 5.41) is 15.8. The van der Waals surface area contributed by atoms with Crippen LogP contribution in [0.3, 0.4) is 0 Å². The Hall–Kier alpha value is -0.600. The van der Waals surface area contributed by atoms with Crippen LogP contribution in [0.15, 0.2) is 0 Å². The van der Waals surface area contributed by atoms with Crippen molar-refractivity contribution in [2.24, 2.45) is 5.92 Å². The second kappa shape index (κ2) is 16.1. The van der Waals surface area contributed by atoms with Gasteiger partial charge >= 0.3 is 6.09 Å². The lowest BCUT2D eigenvalue weighted by Crippen LogP contribution is -2.33. The zero-order chi connectivity index (χ0) is 23.9. The first-order chi connectivity index (χ1) is 16.0. The Morgan fingerprint density at radius 1 is 0.939 bits per heavy atom. The van der Waals surface area contributed by atoms with Gasteiger partial charge in [0.15, 0.2) is 0 Å². The van der Waals surface area contributed by atoms with Crippen LogP contribution in [-0.2, 0) is 9.53 Å². The molecule has 2 aliphatic rings. The topological polar surface area (TPSA) is 87.7 Å². The average Bonchev–Trinajstić information content (AvgIpc) is 3.42. The Bertz CT molecular complexity index is 581. The van der Waals surface area contributed by atoms with E-state index in [1.165, 1.54) is 38.5 Å². The first-order valence-corrected chi connectivity index (χ1v) is 14.9. The fourth-order valence-corrected chi connectivity index (χ4v) is 8.43. The van der Waals surface area contributed by atoms with Gasteiger partial charge in [0.1, 0.15) is 0 Å². The van der Waals surface area contributed by atoms with E-state index in [0.717, 1.165) is 51.5 Å². The van der Waals surface area contributed by atoms with Gasteiger partial charge in [-0.25, -0.2) is 4.79 Å². The predicted octanol–water partition coefficient (Wildman–Crippen LogP) is 5.48. The lowest BCUT2D eigenvalue weighted by Gasteiger charge is -2.23. The fourth-order valence-electron chi connectivity index (χ4n) is 4.42. The van der Waals surface area contributed by atoms with Crippen molar-refractivity contribution in [1.29, 1.82) is 0 Å². The smallest absolute Gasteiger partial charge is 0.407 e. The summed E-state index contributed by atoms with van der Waals surface area (Å²) in [6.07, 6.45) is 14.2. The molecule has 0 radical (unpaired) electrons. The summed E-state index contributed by atoms with van der Waals surface area (Å²) < 4.78 is 5.61. The molecule has 8 heteroatoms. The summed E-state index contributed by atoms with van der Waals surface area (Å²) in [4.78, 5) is 24.1. The molecule has 1 spiro atoms. The zero-order valence-corrected chi connectivity index (χ0v) is 22.4. The van der Waals surface area contributed by atoms with Crippen molar-refractivity contribution in [3.63, 3.8) is 0 Å². The minimum Gasteiger partial charge on any atom is -0.450 e. The predicted molar refractivity (Wildman–Crippen MR) is 140 cm³/mol. The summed E-state index contributed by atoms with van der Waals surface area (Å²) in [6.45, 7) is 6.28. The molecule has 4 atom stereocenters. The maximum atomic E-state index is 12.0. The second-order valence-corrected chi connectivity index (χ2v) is 13.2. The molecule has 0 aromatic carbocycles. The molecule has 0 aliphatic carbocycles. The van der Waals surface area contributed by atoms with Crippen molar-refractivity contribution in [1.82, 2.24) is 10.6 Å². The lowest BCUT2D eigenvalue weighted by molar-refractivity contribution is -0.124. The summed E-state index contributed by atoms with van der Waals surface area (Å²) >= 11 is 4.06. The highest BCUT2D eigenvalue weighted by molar-refractivity contribution is 8.19. The van der Waals surface area contributed by atoms with Crippen molar-refractivity contribution >= 4 is 35.5 Å². The van der Waals surface area contributed by atoms with Crippen LogP contribution in [0.1, 0.15) is 97.3 Å². The van der Waals surface area contributed by atoms with Crippen LogP contribution in [0.4, 0.5) is 4.79 Å². The van der Waals surface area contributed by atoms with Crippen molar-refractivity contribution in [2.45, 2.75) is 112 Å². The number of amides is 2. The number of alkyl carbamates (subject to hydrolysis) is 1. The van der Waals surface area contributed by atoms with Crippen LogP contribution in [0.5, 0.6) is 0 Å². The van der Waals surface area contributed by atoms with Gasteiger partial charge in [-0.3, -0.25) is 4.79 Å². The van der Waals surface area contributed by atoms with E-state index in [2.05, 4.69) is 10.6 Å². The monoisotopic (exact) mass is 502 g/mol. The van der Waals surface area contributed by atoms with Crippen LogP contribution < -0.4 is 10.6 Å². The lowest BCUT2D eigenvalue weighted by atomic mass is 10.1. The van der Waals surface area contributed by atoms with Crippen molar-refractivity contribution in [3.05, 3.63) is 0 Å². The van der Waals surface area contributed by atoms with Gasteiger partial charge in [0.05, 0.1) is 10.7 Å². The summed E-state index contributed by atoms with van der Waals surface area (Å²) in [7, 11) is 0. The van der Waals surface area contributed by atoms with Gasteiger partial charge in [0.2, 0.25) is 5.91 Å². The third-order valence-electron chi connectivity index (χ3n) is 6.78. The average molecular weight is 503 g/mol. The van der Waals surface area contributed by atoms with Crippen LogP contribution in [0.2, 0.25) is 0 Å². The Balaban J connectivity index is 1.49. The van der Waals surface area contributed by atoms with Crippen LogP contribution in [-0.4, -0.2) is 58.0 Å². The number of unbranched alkanes of at least 4 members (excludes halogenated alkanes) is 7. The molecule has 2 rings (SSSR count). The number of aliphatic hydroxyl groups excluding tert-OH is 1. The molecule has 2 fully saturated rings. The SMILES string of the molecule is CCC(C)C(=O)NCC1CCC2(CCC(CNC(=O)OCCCCCCCCCCO)S2)S1. The normalized spacial score (nSPS) is 25.3. The van der Waals surface area contributed by atoms with Crippen LogP contribution in [0, 0.1) is 5.92 Å². The van der Waals surface area contributed by atoms with Gasteiger partial charge in [0, 0.05) is 36.1 Å². The molecule has 4 unspecified atom stereocenters. The molecule has 2 amide bonds. The molecule has 2 saturated heterocycles. The molecule has 0 saturated carbocycles. The maximum Gasteiger partial charge on any atom is 0.407 e. The Labute approximate surface area is 209 Å². The van der Waals surface area contributed by atoms with Crippen molar-refractivity contribution < 1.29 is 19.4 Å². The number of hydrogen-bond donors (Lipinski definition) is 3. The standard InChI is InChI=1S/C25H46N2O4S2/c1-3-20(2)23(29)26-18-21-12-14-25(32-21)15-13-22(33-25)19-27-24(30)31-17-11-9-7-5-4-6-8-10-16-28/h20-22,28H,3-19H2,1-2H3,(H,26,29)(H,27,30). The first-order valence-electron chi connectivity index (χ1n) is 13.1. The first kappa shape index (κ1) is 28.6. The van der Waals surface area contributed by atoms with Gasteiger partial charge in [-0.15, -0.1) is 23.5 Å². The highest BCUT2D eigenvalue weighted by Gasteiger charge is 2.46. The number of hydrogen-bond acceptors (Lipinski definition) is 6. The van der Waals surface area contributed by atoms with E-state index in [0.29, 0.717) is 30.3 Å². The van der Waals surface area contributed by atoms with Gasteiger partial charge < -0.3 is 20.5 Å². The number of thioether (sulfide) groups is 2. The maximum absolute atomic E-state index is 12.0. The van der Waals surface area contributed by atoms with Gasteiger partial charge in [0.25, 0.3) is 0 Å². The molecule has 0 bridgehead atoms. The van der Waals surface area contributed by atoms with E-state index in [9.17, 15) is 9.59 Å². The second-order valence-electron chi connectivity index (χ2n) is 9.59. The molecule has 0 aromatic heterocycles. The Morgan fingerprint density at radius 2 is 1.48 bits per heavy atom. The molecule has 2 heterocycles. The van der Waals surface area contributed by atoms with E-state index in [4.69, 9.17) is 9.84 Å². The molecule has 3 N–H and O–H groups in total. The molecular formula is C25H46N2O4S2. The van der Waals surface area contributed by atoms with Crippen LogP contribution in [0.25, 0.3) is 0 Å². The van der Waals surface area contributed by atoms with E-state index in [-0.39, 0.29) is 22.0 Å². The van der Waals surface area contributed by atoms with Crippen LogP contribution >= 0.6 is 23.5 Å². The third-order valence-corrected chi connectivity index (χ3v) is 10.5. The largest absolute Gasteiger partial charge is 0.450 e. The minimum absolute atomic E-state index is 0.0919. The van der Waals surface area contributed by atoms with Crippen molar-refractivity contribution in [3.8, 4) is 0 Å². The number of nitrogens with one attached hydrogen (secondary N) is 2. The molecular weight excluding hydrogens is 456 g/mol. The summed E-state index contributed by atoms with van der Waals surface area (Å²) in [6, 6.07) is 0. The Morgan fingerprint density at radius 3 is 2.06 bits per heavy atom. The quantitative estimate of drug-likeness (QED) is 0.242. The fraction of sp³-hybridized carbons (Fsp3) is 0.920. The van der Waals surface area contributed by atoms with E-state index < -0.39 is 0 Å². The highest BCUT2D eigenvalue weighted by Crippen LogP contribution is 2.59. The third kappa shape index (κ3) is 11.1. The number of carbonyl (C=O) groups is 2. The molecule has 33 heavy (non-hydrogen) atoms. The summed E-state index contributed by atoms with van der Waals surface area (Å²) in [5.74, 6) is 0.266. The molecule has 0 aromatic rings. The van der Waals surface area contributed by atoms with Gasteiger partial charge in [-0.05, 0) is 44.9 Å². The molecule has 192 valence electrons. The Kier molecular flexibility index (Phi) is 14.0. The van der Waals surface area contributed by atoms with Gasteiger partial charge in [-0.1, -0.05) is 52.4 Å². The van der Waals surface area contributed by atoms with E-state index in [1.807, 2.05) is 37.4 Å². The van der Waals surface area contributed by atoms with Gasteiger partial charge in [-0.2, -0.15) is 0 Å². The van der Waals surface area contributed by atoms with Crippen molar-refractivity contribution in [2.75, 3.05) is 26.3 Å².